The fraction of sp³-hybridized carbons (Fsp3) is 0.833. The van der Waals surface area contributed by atoms with Gasteiger partial charge in [-0.1, -0.05) is 0 Å². The number of hydrogen-bond donors (Lipinski definition) is 1. The number of halogens is 2. The molecule has 1 N–H and O–H groups in total. The lowest BCUT2D eigenvalue weighted by Crippen LogP contribution is -2.50. The summed E-state index contributed by atoms with van der Waals surface area (Å²) in [7, 11) is 1.18. The molecule has 2 aliphatic carbocycles. The predicted octanol–water partition coefficient (Wildman–Crippen LogP) is 2.64. The van der Waals surface area contributed by atoms with Gasteiger partial charge in [-0.2, -0.15) is 5.26 Å². The lowest BCUT2D eigenvalue weighted by molar-refractivity contribution is -0.136. The van der Waals surface area contributed by atoms with Crippen molar-refractivity contribution in [2.45, 2.75) is 63.3 Å². The summed E-state index contributed by atoms with van der Waals surface area (Å²) in [4.78, 5) is 30.3. The van der Waals surface area contributed by atoms with Crippen molar-refractivity contribution in [3.63, 3.8) is 0 Å². The van der Waals surface area contributed by atoms with Crippen LogP contribution in [0.5, 0.6) is 0 Å². The zero-order chi connectivity index (χ0) is 19.7. The summed E-state index contributed by atoms with van der Waals surface area (Å²) in [5.41, 5.74) is 0.412. The molecule has 1 spiro atoms. The summed E-state index contributed by atoms with van der Waals surface area (Å²) >= 11 is 0. The lowest BCUT2D eigenvalue weighted by atomic mass is 9.95. The van der Waals surface area contributed by atoms with Crippen LogP contribution in [0, 0.1) is 22.8 Å². The van der Waals surface area contributed by atoms with Gasteiger partial charge in [0.15, 0.2) is 6.19 Å². The third-order valence-electron chi connectivity index (χ3n) is 5.81. The van der Waals surface area contributed by atoms with E-state index in [1.807, 2.05) is 0 Å². The van der Waals surface area contributed by atoms with Crippen LogP contribution in [0.3, 0.4) is 0 Å². The zero-order valence-corrected chi connectivity index (χ0v) is 15.5. The monoisotopic (exact) mass is 384 g/mol. The highest BCUT2D eigenvalue weighted by Gasteiger charge is 2.45. The molecular weight excluding hydrogens is 358 g/mol. The van der Waals surface area contributed by atoms with Gasteiger partial charge in [0.25, 0.3) is 11.8 Å². The van der Waals surface area contributed by atoms with E-state index >= 15 is 0 Å². The Labute approximate surface area is 157 Å². The average molecular weight is 384 g/mol. The van der Waals surface area contributed by atoms with Crippen molar-refractivity contribution < 1.29 is 23.2 Å². The van der Waals surface area contributed by atoms with E-state index in [0.717, 1.165) is 25.7 Å². The van der Waals surface area contributed by atoms with Gasteiger partial charge in [-0.05, 0) is 49.9 Å². The van der Waals surface area contributed by atoms with E-state index in [1.165, 1.54) is 25.0 Å². The quantitative estimate of drug-likeness (QED) is 0.539. The Morgan fingerprint density at radius 3 is 2.48 bits per heavy atom. The summed E-state index contributed by atoms with van der Waals surface area (Å²) in [5.74, 6) is -3.99. The number of nitrogens with one attached hydrogen (secondary N) is 1. The van der Waals surface area contributed by atoms with E-state index in [-0.39, 0.29) is 12.3 Å². The van der Waals surface area contributed by atoms with Gasteiger partial charge >= 0.3 is 6.09 Å². The number of piperidine rings is 1. The predicted molar refractivity (Wildman–Crippen MR) is 91.2 cm³/mol. The first-order chi connectivity index (χ1) is 12.7. The topological polar surface area (TPSA) is 85.7 Å². The molecule has 1 aliphatic heterocycles. The summed E-state index contributed by atoms with van der Waals surface area (Å²) in [5, 5.41) is 12.6. The molecule has 0 aromatic carbocycles. The normalized spacial score (nSPS) is 22.6. The fourth-order valence-electron chi connectivity index (χ4n) is 3.62. The number of hydrogen-bond acceptors (Lipinski definition) is 5. The molecule has 7 nitrogen and oxygen atoms in total. The number of rotatable bonds is 7. The standard InChI is InChI=1S/C18H26F2N4O3/c1-23(12-21)15(25)14(11-18(19,20)10-13-2-3-13)22-16(26)27-24-8-6-17(4-5-17)7-9-24/h13-14H,2-11H2,1H3,(H,22,26)/t14-/m0/s1. The van der Waals surface area contributed by atoms with Crippen LogP contribution in [0.2, 0.25) is 0 Å². The second kappa shape index (κ2) is 7.58. The minimum absolute atomic E-state index is 0.0282. The van der Waals surface area contributed by atoms with Gasteiger partial charge in [-0.15, -0.1) is 5.06 Å². The Morgan fingerprint density at radius 1 is 1.33 bits per heavy atom. The van der Waals surface area contributed by atoms with Crippen LogP contribution in [-0.2, 0) is 9.63 Å². The summed E-state index contributed by atoms with van der Waals surface area (Å²) < 4.78 is 28.5. The van der Waals surface area contributed by atoms with Crippen LogP contribution in [-0.4, -0.2) is 54.1 Å². The van der Waals surface area contributed by atoms with E-state index in [0.29, 0.717) is 23.4 Å². The number of nitrogens with zero attached hydrogens (tertiary/aromatic N) is 3. The third kappa shape index (κ3) is 5.51. The highest BCUT2D eigenvalue weighted by atomic mass is 19.3. The molecule has 0 aromatic heterocycles. The lowest BCUT2D eigenvalue weighted by Gasteiger charge is -2.31. The molecule has 9 heteroatoms. The maximum absolute atomic E-state index is 14.2. The second-order valence-corrected chi connectivity index (χ2v) is 8.21. The van der Waals surface area contributed by atoms with Crippen molar-refractivity contribution in [3.05, 3.63) is 0 Å². The van der Waals surface area contributed by atoms with Crippen LogP contribution in [0.1, 0.15) is 51.4 Å². The minimum atomic E-state index is -3.09. The van der Waals surface area contributed by atoms with E-state index in [9.17, 15) is 18.4 Å². The van der Waals surface area contributed by atoms with Crippen LogP contribution in [0.4, 0.5) is 13.6 Å². The van der Waals surface area contributed by atoms with E-state index in [4.69, 9.17) is 10.1 Å². The van der Waals surface area contributed by atoms with Crippen LogP contribution >= 0.6 is 0 Å². The Morgan fingerprint density at radius 2 is 1.96 bits per heavy atom. The molecule has 3 fully saturated rings. The largest absolute Gasteiger partial charge is 0.426 e. The first-order valence-corrected chi connectivity index (χ1v) is 9.51. The molecule has 2 saturated carbocycles. The van der Waals surface area contributed by atoms with Crippen molar-refractivity contribution in [2.75, 3.05) is 20.1 Å². The second-order valence-electron chi connectivity index (χ2n) is 8.21. The van der Waals surface area contributed by atoms with Crippen molar-refractivity contribution >= 4 is 12.0 Å². The van der Waals surface area contributed by atoms with Gasteiger partial charge in [-0.3, -0.25) is 9.69 Å². The molecular formula is C18H26F2N4O3. The summed E-state index contributed by atoms with van der Waals surface area (Å²) in [6.45, 7) is 1.20. The van der Waals surface area contributed by atoms with Gasteiger partial charge in [0.05, 0.1) is 0 Å². The summed E-state index contributed by atoms with van der Waals surface area (Å²) in [6, 6.07) is -1.50. The van der Waals surface area contributed by atoms with Gasteiger partial charge < -0.3 is 10.2 Å². The molecule has 3 rings (SSSR count). The molecule has 1 saturated heterocycles. The maximum Gasteiger partial charge on any atom is 0.426 e. The number of amides is 2. The molecule has 0 unspecified atom stereocenters. The zero-order valence-electron chi connectivity index (χ0n) is 15.5. The number of carbonyl (C=O) groups excluding carboxylic acids is 2. The Kier molecular flexibility index (Phi) is 5.56. The van der Waals surface area contributed by atoms with Crippen molar-refractivity contribution in [1.82, 2.24) is 15.3 Å². The highest BCUT2D eigenvalue weighted by Crippen LogP contribution is 2.53. The molecule has 0 aromatic rings. The van der Waals surface area contributed by atoms with Crippen LogP contribution in [0.15, 0.2) is 0 Å². The Bertz CT molecular complexity index is 619. The van der Waals surface area contributed by atoms with Crippen molar-refractivity contribution in [2.24, 2.45) is 11.3 Å². The molecule has 27 heavy (non-hydrogen) atoms. The number of carbonyl (C=O) groups is 2. The molecule has 1 atom stereocenters. The molecule has 1 heterocycles. The maximum atomic E-state index is 14.2. The molecule has 150 valence electrons. The smallest absolute Gasteiger partial charge is 0.351 e. The highest BCUT2D eigenvalue weighted by molar-refractivity contribution is 5.86. The van der Waals surface area contributed by atoms with E-state index in [1.54, 1.807) is 6.19 Å². The van der Waals surface area contributed by atoms with Crippen LogP contribution in [0.25, 0.3) is 0 Å². The number of hydroxylamine groups is 2. The van der Waals surface area contributed by atoms with Crippen LogP contribution < -0.4 is 5.32 Å². The molecule has 2 amide bonds. The fourth-order valence-corrected chi connectivity index (χ4v) is 3.62. The minimum Gasteiger partial charge on any atom is -0.351 e. The van der Waals surface area contributed by atoms with Crippen molar-refractivity contribution in [1.29, 1.82) is 5.26 Å². The van der Waals surface area contributed by atoms with E-state index < -0.39 is 30.4 Å². The average Bonchev–Trinajstić information content (AvgIpc) is 3.53. The third-order valence-corrected chi connectivity index (χ3v) is 5.81. The molecule has 3 aliphatic rings. The molecule has 0 radical (unpaired) electrons. The van der Waals surface area contributed by atoms with Gasteiger partial charge in [0.2, 0.25) is 0 Å². The SMILES string of the molecule is CN(C#N)C(=O)[C@H](CC(F)(F)CC1CC1)NC(=O)ON1CCC2(CC1)CC2. The first kappa shape index (κ1) is 19.8. The Balaban J connectivity index is 1.55. The number of nitriles is 1. The first-order valence-electron chi connectivity index (χ1n) is 9.51. The number of likely N-dealkylation sites (N-methyl/N-ethyl adjacent to an activating group) is 1. The van der Waals surface area contributed by atoms with Gasteiger partial charge in [-0.25, -0.2) is 13.6 Å². The molecule has 0 bridgehead atoms. The van der Waals surface area contributed by atoms with Crippen molar-refractivity contribution in [3.8, 4) is 6.19 Å². The van der Waals surface area contributed by atoms with Gasteiger partial charge in [0, 0.05) is 33.0 Å². The number of alkyl halides is 2. The van der Waals surface area contributed by atoms with E-state index in [2.05, 4.69) is 5.32 Å². The van der Waals surface area contributed by atoms with Gasteiger partial charge in [0.1, 0.15) is 6.04 Å². The summed E-state index contributed by atoms with van der Waals surface area (Å²) in [6.07, 6.45) is 5.34. The Hall–Kier alpha value is -1.95.